The minimum Gasteiger partial charge on any atom is -0.383 e. The van der Waals surface area contributed by atoms with Crippen LogP contribution in [0.5, 0.6) is 0 Å². The lowest BCUT2D eigenvalue weighted by Crippen LogP contribution is -2.53. The van der Waals surface area contributed by atoms with E-state index in [-0.39, 0.29) is 24.6 Å². The van der Waals surface area contributed by atoms with Crippen molar-refractivity contribution in [3.05, 3.63) is 56.2 Å². The highest BCUT2D eigenvalue weighted by Crippen LogP contribution is 2.24. The van der Waals surface area contributed by atoms with Crippen LogP contribution in [0.4, 0.5) is 11.5 Å². The number of nitrogens with one attached hydrogen (secondary N) is 1. The molecule has 1 aliphatic rings. The third kappa shape index (κ3) is 4.59. The zero-order valence-electron chi connectivity index (χ0n) is 18.5. The Kier molecular flexibility index (Phi) is 7.14. The summed E-state index contributed by atoms with van der Waals surface area (Å²) in [6.07, 6.45) is 1.94. The summed E-state index contributed by atoms with van der Waals surface area (Å²) in [6.45, 7) is 4.46. The summed E-state index contributed by atoms with van der Waals surface area (Å²) in [5.41, 5.74) is 12.5. The summed E-state index contributed by atoms with van der Waals surface area (Å²) >= 11 is 0. The van der Waals surface area contributed by atoms with Crippen LogP contribution in [-0.4, -0.2) is 45.4 Å². The summed E-state index contributed by atoms with van der Waals surface area (Å²) in [6, 6.07) is 7.07. The third-order valence-corrected chi connectivity index (χ3v) is 5.85. The van der Waals surface area contributed by atoms with Crippen molar-refractivity contribution >= 4 is 23.3 Å². The number of nitrogens with two attached hydrogens (primary N) is 2. The molecule has 0 bridgehead atoms. The van der Waals surface area contributed by atoms with Gasteiger partial charge in [0.2, 0.25) is 11.8 Å². The molecule has 1 aliphatic heterocycles. The highest BCUT2D eigenvalue weighted by Gasteiger charge is 2.33. The van der Waals surface area contributed by atoms with Gasteiger partial charge in [0.25, 0.3) is 5.56 Å². The highest BCUT2D eigenvalue weighted by atomic mass is 16.2. The van der Waals surface area contributed by atoms with Gasteiger partial charge in [-0.1, -0.05) is 37.6 Å². The summed E-state index contributed by atoms with van der Waals surface area (Å²) in [7, 11) is 0. The SMILES string of the molecule is CCCCn1c(N)c(N(CC)C(=O)CN2Cc3ccccc3C[C@H]2C(N)=O)c(=O)[nH]c1=O. The Morgan fingerprint density at radius 2 is 1.88 bits per heavy atom. The molecule has 0 saturated heterocycles. The molecule has 2 amide bonds. The molecule has 2 aromatic rings. The van der Waals surface area contributed by atoms with Crippen LogP contribution < -0.4 is 27.6 Å². The fourth-order valence-electron chi connectivity index (χ4n) is 4.12. The fourth-order valence-corrected chi connectivity index (χ4v) is 4.12. The molecule has 10 heteroatoms. The van der Waals surface area contributed by atoms with Gasteiger partial charge in [-0.3, -0.25) is 28.8 Å². The number of anilines is 2. The second kappa shape index (κ2) is 9.82. The monoisotopic (exact) mass is 442 g/mol. The van der Waals surface area contributed by atoms with Gasteiger partial charge in [-0.15, -0.1) is 0 Å². The van der Waals surface area contributed by atoms with Gasteiger partial charge < -0.3 is 16.4 Å². The van der Waals surface area contributed by atoms with E-state index in [4.69, 9.17) is 11.5 Å². The van der Waals surface area contributed by atoms with Crippen molar-refractivity contribution in [3.8, 4) is 0 Å². The summed E-state index contributed by atoms with van der Waals surface area (Å²) in [4.78, 5) is 55.4. The number of rotatable bonds is 8. The number of hydrogen-bond donors (Lipinski definition) is 3. The molecule has 0 fully saturated rings. The zero-order chi connectivity index (χ0) is 23.4. The number of amides is 2. The quantitative estimate of drug-likeness (QED) is 0.531. The average molecular weight is 443 g/mol. The maximum atomic E-state index is 13.3. The number of fused-ring (bicyclic) bond motifs is 1. The predicted octanol–water partition coefficient (Wildman–Crippen LogP) is 0.184. The van der Waals surface area contributed by atoms with Crippen molar-refractivity contribution < 1.29 is 9.59 Å². The second-order valence-electron chi connectivity index (χ2n) is 7.93. The average Bonchev–Trinajstić information content (AvgIpc) is 2.75. The maximum absolute atomic E-state index is 13.3. The largest absolute Gasteiger partial charge is 0.383 e. The van der Waals surface area contributed by atoms with Crippen LogP contribution in [0, 0.1) is 0 Å². The number of nitrogens with zero attached hydrogens (tertiary/aromatic N) is 3. The van der Waals surface area contributed by atoms with Gasteiger partial charge in [-0.2, -0.15) is 0 Å². The van der Waals surface area contributed by atoms with E-state index in [1.807, 2.05) is 31.2 Å². The second-order valence-corrected chi connectivity index (χ2v) is 7.93. The number of nitrogen functional groups attached to an aromatic ring is 1. The van der Waals surface area contributed by atoms with Gasteiger partial charge in [-0.25, -0.2) is 4.79 Å². The van der Waals surface area contributed by atoms with E-state index in [0.717, 1.165) is 17.5 Å². The number of benzene rings is 1. The van der Waals surface area contributed by atoms with E-state index < -0.39 is 29.1 Å². The molecule has 2 heterocycles. The Hall–Kier alpha value is -3.40. The molecule has 0 spiro atoms. The van der Waals surface area contributed by atoms with Crippen molar-refractivity contribution in [2.45, 2.75) is 52.2 Å². The van der Waals surface area contributed by atoms with E-state index in [9.17, 15) is 19.2 Å². The number of H-pyrrole nitrogens is 1. The Morgan fingerprint density at radius 1 is 1.19 bits per heavy atom. The lowest BCUT2D eigenvalue weighted by molar-refractivity contribution is -0.126. The smallest absolute Gasteiger partial charge is 0.330 e. The zero-order valence-corrected chi connectivity index (χ0v) is 18.5. The Morgan fingerprint density at radius 3 is 2.50 bits per heavy atom. The van der Waals surface area contributed by atoms with Crippen LogP contribution in [0.3, 0.4) is 0 Å². The van der Waals surface area contributed by atoms with Crippen molar-refractivity contribution in [1.29, 1.82) is 0 Å². The van der Waals surface area contributed by atoms with Crippen LogP contribution in [0.25, 0.3) is 0 Å². The lowest BCUT2D eigenvalue weighted by Gasteiger charge is -2.35. The molecule has 1 aromatic heterocycles. The van der Waals surface area contributed by atoms with E-state index in [1.54, 1.807) is 11.8 Å². The van der Waals surface area contributed by atoms with Crippen molar-refractivity contribution in [1.82, 2.24) is 14.5 Å². The van der Waals surface area contributed by atoms with Gasteiger partial charge in [0.05, 0.1) is 12.6 Å². The molecule has 5 N–H and O–H groups in total. The standard InChI is InChI=1S/C22H30N6O4/c1-3-5-10-28-19(23)18(21(31)25-22(28)32)27(4-2)17(29)13-26-12-15-9-7-6-8-14(15)11-16(26)20(24)30/h6-9,16H,3-5,10-13,23H2,1-2H3,(H2,24,30)(H,25,31,32)/t16-/m0/s1. The van der Waals surface area contributed by atoms with E-state index >= 15 is 0 Å². The third-order valence-electron chi connectivity index (χ3n) is 5.85. The van der Waals surface area contributed by atoms with Crippen LogP contribution >= 0.6 is 0 Å². The highest BCUT2D eigenvalue weighted by molar-refractivity contribution is 5.97. The van der Waals surface area contributed by atoms with Crippen molar-refractivity contribution in [3.63, 3.8) is 0 Å². The predicted molar refractivity (Wildman–Crippen MR) is 122 cm³/mol. The number of aromatic amines is 1. The fraction of sp³-hybridized carbons (Fsp3) is 0.455. The molecule has 1 aromatic carbocycles. The number of carbonyl (C=O) groups is 2. The lowest BCUT2D eigenvalue weighted by atomic mass is 9.93. The maximum Gasteiger partial charge on any atom is 0.330 e. The number of hydrogen-bond acceptors (Lipinski definition) is 6. The first kappa shape index (κ1) is 23.3. The van der Waals surface area contributed by atoms with Crippen molar-refractivity contribution in [2.75, 3.05) is 23.7 Å². The molecular formula is C22H30N6O4. The molecule has 32 heavy (non-hydrogen) atoms. The summed E-state index contributed by atoms with van der Waals surface area (Å²) in [5, 5.41) is 0. The van der Waals surface area contributed by atoms with Crippen LogP contribution in [-0.2, 0) is 29.1 Å². The Balaban J connectivity index is 1.92. The first-order valence-electron chi connectivity index (χ1n) is 10.8. The molecule has 3 rings (SSSR count). The van der Waals surface area contributed by atoms with Crippen LogP contribution in [0.1, 0.15) is 37.8 Å². The molecule has 0 radical (unpaired) electrons. The minimum atomic E-state index is -0.717. The normalized spacial score (nSPS) is 15.9. The van der Waals surface area contributed by atoms with Gasteiger partial charge in [0.15, 0.2) is 5.69 Å². The molecule has 0 unspecified atom stereocenters. The topological polar surface area (TPSA) is 148 Å². The first-order valence-corrected chi connectivity index (χ1v) is 10.8. The van der Waals surface area contributed by atoms with Gasteiger partial charge >= 0.3 is 5.69 Å². The first-order chi connectivity index (χ1) is 15.3. The molecule has 0 saturated carbocycles. The number of likely N-dealkylation sites (N-methyl/N-ethyl adjacent to an activating group) is 1. The number of carbonyl (C=O) groups excluding carboxylic acids is 2. The molecular weight excluding hydrogens is 412 g/mol. The van der Waals surface area contributed by atoms with E-state index in [1.165, 1.54) is 9.47 Å². The van der Waals surface area contributed by atoms with E-state index in [2.05, 4.69) is 4.98 Å². The van der Waals surface area contributed by atoms with E-state index in [0.29, 0.717) is 25.9 Å². The summed E-state index contributed by atoms with van der Waals surface area (Å²) in [5.74, 6) is -0.963. The number of unbranched alkanes of at least 4 members (excludes halogenated alkanes) is 1. The van der Waals surface area contributed by atoms with Crippen LogP contribution in [0.2, 0.25) is 0 Å². The molecule has 1 atom stereocenters. The van der Waals surface area contributed by atoms with Gasteiger partial charge in [0.1, 0.15) is 5.82 Å². The van der Waals surface area contributed by atoms with Gasteiger partial charge in [0, 0.05) is 19.6 Å². The molecule has 0 aliphatic carbocycles. The van der Waals surface area contributed by atoms with Gasteiger partial charge in [-0.05, 0) is 30.9 Å². The molecule has 10 nitrogen and oxygen atoms in total. The minimum absolute atomic E-state index is 0.0437. The molecule has 172 valence electrons. The summed E-state index contributed by atoms with van der Waals surface area (Å²) < 4.78 is 1.28. The number of aromatic nitrogens is 2. The Labute approximate surface area is 185 Å². The van der Waals surface area contributed by atoms with Crippen LogP contribution in [0.15, 0.2) is 33.9 Å². The number of primary amides is 1. The van der Waals surface area contributed by atoms with Crippen molar-refractivity contribution in [2.24, 2.45) is 5.73 Å². The Bertz CT molecular complexity index is 1120.